The highest BCUT2D eigenvalue weighted by Gasteiger charge is 2.19. The molecule has 0 heterocycles. The van der Waals surface area contributed by atoms with Crippen molar-refractivity contribution in [3.05, 3.63) is 0 Å². The lowest BCUT2D eigenvalue weighted by Crippen LogP contribution is -2.12. The first-order chi connectivity index (χ1) is 32.1. The zero-order chi connectivity index (χ0) is 54.2. The summed E-state index contributed by atoms with van der Waals surface area (Å²) in [5, 5.41) is 0. The largest absolute Gasteiger partial charge is 0.0683 e. The van der Waals surface area contributed by atoms with Crippen molar-refractivity contribution >= 4 is 0 Å². The molecule has 0 aromatic rings. The summed E-state index contributed by atoms with van der Waals surface area (Å²) in [4.78, 5) is 0. The van der Waals surface area contributed by atoms with Crippen LogP contribution in [0.1, 0.15) is 348 Å². The van der Waals surface area contributed by atoms with Gasteiger partial charge in [0, 0.05) is 0 Å². The zero-order valence-electron chi connectivity index (χ0n) is 54.2. The van der Waals surface area contributed by atoms with Gasteiger partial charge in [0.25, 0.3) is 0 Å². The van der Waals surface area contributed by atoms with Gasteiger partial charge in [0.1, 0.15) is 0 Å². The van der Waals surface area contributed by atoms with Crippen LogP contribution in [0.5, 0.6) is 0 Å². The van der Waals surface area contributed by atoms with E-state index in [1.54, 1.807) is 0 Å². The van der Waals surface area contributed by atoms with Gasteiger partial charge in [-0.1, -0.05) is 271 Å². The SMILES string of the molecule is CC.CC.CC.CC.CCC(C)CC(C)CC(C)CC(C)CC(C)CCCC(C)CC(C)CC(C)C.CCC(C)CC(C)CC(C)CC(C)CC(C)CCCCCCCC(C)CC(C)CC(C)C. The van der Waals surface area contributed by atoms with E-state index in [0.717, 1.165) is 94.7 Å². The zero-order valence-corrected chi connectivity index (χ0v) is 54.2. The van der Waals surface area contributed by atoms with E-state index in [9.17, 15) is 0 Å². The van der Waals surface area contributed by atoms with Crippen molar-refractivity contribution in [1.82, 2.24) is 0 Å². The number of hydrogen-bond donors (Lipinski definition) is 0. The first-order valence-electron chi connectivity index (χ1n) is 32.1. The van der Waals surface area contributed by atoms with E-state index in [0.29, 0.717) is 0 Å². The summed E-state index contributed by atoms with van der Waals surface area (Å²) in [6.45, 7) is 64.8. The first kappa shape index (κ1) is 79.4. The lowest BCUT2D eigenvalue weighted by molar-refractivity contribution is 0.276. The van der Waals surface area contributed by atoms with Gasteiger partial charge < -0.3 is 0 Å². The lowest BCUT2D eigenvalue weighted by Gasteiger charge is -2.24. The third-order valence-corrected chi connectivity index (χ3v) is 15.0. The van der Waals surface area contributed by atoms with Crippen LogP contribution in [0.3, 0.4) is 0 Å². The van der Waals surface area contributed by atoms with E-state index < -0.39 is 0 Å². The Morgan fingerprint density at radius 1 is 0.176 bits per heavy atom. The van der Waals surface area contributed by atoms with Crippen LogP contribution in [-0.2, 0) is 0 Å². The Morgan fingerprint density at radius 2 is 0.338 bits per heavy atom. The Hall–Kier alpha value is 0. The molecule has 0 heteroatoms. The Balaban J connectivity index is -0.000000247. The average molecular weight is 966 g/mol. The highest BCUT2D eigenvalue weighted by atomic mass is 14.2. The van der Waals surface area contributed by atoms with Crippen molar-refractivity contribution in [2.45, 2.75) is 348 Å². The maximum Gasteiger partial charge on any atom is -0.0438 e. The molecule has 0 bridgehead atoms. The summed E-state index contributed by atoms with van der Waals surface area (Å²) >= 11 is 0. The van der Waals surface area contributed by atoms with Gasteiger partial charge in [0.15, 0.2) is 0 Å². The van der Waals surface area contributed by atoms with Gasteiger partial charge in [-0.05, 0) is 172 Å². The summed E-state index contributed by atoms with van der Waals surface area (Å²) in [6.07, 6.45) is 34.2. The van der Waals surface area contributed by atoms with Crippen molar-refractivity contribution in [3.63, 3.8) is 0 Å². The maximum absolute atomic E-state index is 2.51. The molecule has 0 saturated heterocycles. The molecular weight excluding hydrogens is 817 g/mol. The summed E-state index contributed by atoms with van der Waals surface area (Å²) in [6, 6.07) is 0. The Morgan fingerprint density at radius 3 is 0.544 bits per heavy atom. The summed E-state index contributed by atoms with van der Waals surface area (Å²) in [7, 11) is 0. The fraction of sp³-hybridized carbons (Fsp3) is 1.00. The molecule has 0 aromatic carbocycles. The van der Waals surface area contributed by atoms with E-state index in [4.69, 9.17) is 0 Å². The van der Waals surface area contributed by atoms with Crippen molar-refractivity contribution in [1.29, 1.82) is 0 Å². The minimum absolute atomic E-state index is 0.851. The molecule has 0 fully saturated rings. The highest BCUT2D eigenvalue weighted by molar-refractivity contribution is 4.71. The van der Waals surface area contributed by atoms with Crippen LogP contribution in [0.25, 0.3) is 0 Å². The van der Waals surface area contributed by atoms with E-state index in [2.05, 4.69) is 138 Å². The molecule has 0 N–H and O–H groups in total. The van der Waals surface area contributed by atoms with Crippen molar-refractivity contribution in [2.24, 2.45) is 94.7 Å². The lowest BCUT2D eigenvalue weighted by atomic mass is 9.82. The molecule has 0 spiro atoms. The van der Waals surface area contributed by atoms with E-state index >= 15 is 0 Å². The van der Waals surface area contributed by atoms with Gasteiger partial charge >= 0.3 is 0 Å². The minimum Gasteiger partial charge on any atom is -0.0683 e. The van der Waals surface area contributed by atoms with Gasteiger partial charge in [-0.15, -0.1) is 0 Å². The quantitative estimate of drug-likeness (QED) is 0.0541. The van der Waals surface area contributed by atoms with Gasteiger partial charge in [0.2, 0.25) is 0 Å². The smallest absolute Gasteiger partial charge is 0.0438 e. The third kappa shape index (κ3) is 60.3. The molecular formula is C68H148. The summed E-state index contributed by atoms with van der Waals surface area (Å²) < 4.78 is 0. The fourth-order valence-corrected chi connectivity index (χ4v) is 12.4. The predicted molar refractivity (Wildman–Crippen MR) is 326 cm³/mol. The molecule has 0 aromatic heterocycles. The Kier molecular flexibility index (Phi) is 65.7. The van der Waals surface area contributed by atoms with Crippen LogP contribution in [0, 0.1) is 94.7 Å². The van der Waals surface area contributed by atoms with Crippen LogP contribution in [-0.4, -0.2) is 0 Å². The Labute approximate surface area is 440 Å². The topological polar surface area (TPSA) is 0 Å². The molecule has 0 rings (SSSR count). The van der Waals surface area contributed by atoms with Crippen LogP contribution in [0.4, 0.5) is 0 Å². The van der Waals surface area contributed by atoms with Gasteiger partial charge in [-0.25, -0.2) is 0 Å². The predicted octanol–water partition coefficient (Wildman–Crippen LogP) is 25.7. The molecule has 0 amide bonds. The number of unbranched alkanes of at least 4 members (excludes halogenated alkanes) is 4. The Bertz CT molecular complexity index is 884. The summed E-state index contributed by atoms with van der Waals surface area (Å²) in [5.41, 5.74) is 0. The summed E-state index contributed by atoms with van der Waals surface area (Å²) in [5.74, 6) is 14.3. The van der Waals surface area contributed by atoms with Crippen LogP contribution < -0.4 is 0 Å². The standard InChI is InChI=1S/C32H66.C28H58.4C2H6/c1-11-26(4)20-30(8)23-32(10)24-31(9)22-28(6)18-16-14-12-13-15-17-27(5)21-29(7)19-25(2)3;1-11-22(4)16-26(8)19-28(10)20-27(9)18-24(6)14-12-13-23(5)17-25(7)15-21(2)3;4*1-2/h25-32H,11-24H2,1-10H3;21-28H,11-20H2,1-10H3;4*1-2H3. The van der Waals surface area contributed by atoms with E-state index in [1.165, 1.54) is 154 Å². The molecule has 420 valence electrons. The van der Waals surface area contributed by atoms with Crippen LogP contribution >= 0.6 is 0 Å². The number of rotatable bonds is 38. The van der Waals surface area contributed by atoms with Crippen LogP contribution in [0.15, 0.2) is 0 Å². The van der Waals surface area contributed by atoms with Gasteiger partial charge in [-0.3, -0.25) is 0 Å². The molecule has 68 heavy (non-hydrogen) atoms. The second-order valence-corrected chi connectivity index (χ2v) is 25.2. The second-order valence-electron chi connectivity index (χ2n) is 25.2. The second kappa shape index (κ2) is 56.3. The fourth-order valence-electron chi connectivity index (χ4n) is 12.4. The molecule has 14 atom stereocenters. The normalized spacial score (nSPS) is 17.4. The number of hydrogen-bond acceptors (Lipinski definition) is 0. The van der Waals surface area contributed by atoms with Crippen molar-refractivity contribution < 1.29 is 0 Å². The average Bonchev–Trinajstić information content (AvgIpc) is 3.25. The molecule has 0 aliphatic heterocycles. The van der Waals surface area contributed by atoms with E-state index in [1.807, 2.05) is 55.4 Å². The molecule has 0 radical (unpaired) electrons. The monoisotopic (exact) mass is 965 g/mol. The third-order valence-electron chi connectivity index (χ3n) is 15.0. The molecule has 0 aliphatic carbocycles. The van der Waals surface area contributed by atoms with E-state index in [-0.39, 0.29) is 0 Å². The maximum atomic E-state index is 2.51. The highest BCUT2D eigenvalue weighted by Crippen LogP contribution is 2.31. The van der Waals surface area contributed by atoms with Gasteiger partial charge in [-0.2, -0.15) is 0 Å². The van der Waals surface area contributed by atoms with Crippen LogP contribution in [0.2, 0.25) is 0 Å². The van der Waals surface area contributed by atoms with Gasteiger partial charge in [0.05, 0.1) is 0 Å². The molecule has 0 saturated carbocycles. The van der Waals surface area contributed by atoms with Crippen molar-refractivity contribution in [3.8, 4) is 0 Å². The molecule has 14 unspecified atom stereocenters. The first-order valence-corrected chi connectivity index (χ1v) is 32.1. The molecule has 0 nitrogen and oxygen atoms in total. The van der Waals surface area contributed by atoms with Crippen molar-refractivity contribution in [2.75, 3.05) is 0 Å². The minimum atomic E-state index is 0.851. The molecule has 0 aliphatic rings.